The molecule has 0 saturated carbocycles. The van der Waals surface area contributed by atoms with E-state index in [1.165, 1.54) is 0 Å². The zero-order chi connectivity index (χ0) is 12.6. The van der Waals surface area contributed by atoms with Crippen LogP contribution in [0.5, 0.6) is 0 Å². The van der Waals surface area contributed by atoms with Crippen LogP contribution in [0.3, 0.4) is 0 Å². The van der Waals surface area contributed by atoms with Gasteiger partial charge < -0.3 is 10.1 Å². The average Bonchev–Trinajstić information content (AvgIpc) is 2.23. The number of nitrogens with one attached hydrogen (secondary N) is 2. The molecule has 0 spiro atoms. The Morgan fingerprint density at radius 3 is 2.62 bits per heavy atom. The Hall–Kier alpha value is -0.660. The Balaban J connectivity index is 4.16. The molecule has 3 unspecified atom stereocenters. The molecule has 16 heavy (non-hydrogen) atoms. The second-order valence-corrected chi connectivity index (χ2v) is 5.45. The number of nitrogens with zero attached hydrogens (tertiary/aromatic N) is 1. The van der Waals surface area contributed by atoms with Gasteiger partial charge in [0.1, 0.15) is 0 Å². The van der Waals surface area contributed by atoms with E-state index in [1.807, 2.05) is 13.8 Å². The number of guanidine groups is 1. The standard InChI is InChI=1S/C9H22N4O2S/c1-7(6-15-3)12-9(13-10)11-5-8(2)16(4)14/h7-8H,5-6,10H2,1-4H3,(H2,11,12,13). The maximum Gasteiger partial charge on any atom is 0.206 e. The van der Waals surface area contributed by atoms with Gasteiger partial charge in [0.2, 0.25) is 5.96 Å². The fourth-order valence-electron chi connectivity index (χ4n) is 0.983. The lowest BCUT2D eigenvalue weighted by Gasteiger charge is -2.16. The smallest absolute Gasteiger partial charge is 0.206 e. The van der Waals surface area contributed by atoms with Crippen LogP contribution in [-0.2, 0) is 15.5 Å². The van der Waals surface area contributed by atoms with Crippen molar-refractivity contribution in [3.63, 3.8) is 0 Å². The molecule has 6 nitrogen and oxygen atoms in total. The van der Waals surface area contributed by atoms with Crippen LogP contribution in [0.25, 0.3) is 0 Å². The van der Waals surface area contributed by atoms with Gasteiger partial charge >= 0.3 is 0 Å². The zero-order valence-electron chi connectivity index (χ0n) is 10.3. The molecule has 3 atom stereocenters. The minimum atomic E-state index is -0.873. The fraction of sp³-hybridized carbons (Fsp3) is 0.889. The molecule has 96 valence electrons. The number of ether oxygens (including phenoxy) is 1. The van der Waals surface area contributed by atoms with E-state index in [9.17, 15) is 4.21 Å². The summed E-state index contributed by atoms with van der Waals surface area (Å²) >= 11 is 0. The molecule has 0 aromatic carbocycles. The molecule has 0 aromatic heterocycles. The van der Waals surface area contributed by atoms with Crippen molar-refractivity contribution in [1.29, 1.82) is 0 Å². The molecule has 0 saturated heterocycles. The van der Waals surface area contributed by atoms with Gasteiger partial charge in [-0.05, 0) is 13.8 Å². The number of hydrogen-bond acceptors (Lipinski definition) is 4. The predicted octanol–water partition coefficient (Wildman–Crippen LogP) is -0.803. The van der Waals surface area contributed by atoms with Gasteiger partial charge in [-0.25, -0.2) is 5.84 Å². The normalized spacial score (nSPS) is 17.7. The summed E-state index contributed by atoms with van der Waals surface area (Å²) < 4.78 is 16.1. The first-order valence-corrected chi connectivity index (χ1v) is 6.72. The van der Waals surface area contributed by atoms with Crippen molar-refractivity contribution in [2.24, 2.45) is 10.8 Å². The summed E-state index contributed by atoms with van der Waals surface area (Å²) in [5, 5.41) is 3.07. The van der Waals surface area contributed by atoms with Crippen molar-refractivity contribution in [2.45, 2.75) is 25.1 Å². The number of hydrazine groups is 1. The third-order valence-electron chi connectivity index (χ3n) is 2.01. The molecule has 0 aliphatic carbocycles. The van der Waals surface area contributed by atoms with E-state index in [1.54, 1.807) is 13.4 Å². The lowest BCUT2D eigenvalue weighted by Crippen LogP contribution is -2.47. The van der Waals surface area contributed by atoms with Crippen LogP contribution in [-0.4, -0.2) is 48.0 Å². The molecule has 0 amide bonds. The van der Waals surface area contributed by atoms with Crippen LogP contribution in [0.15, 0.2) is 4.99 Å². The lowest BCUT2D eigenvalue weighted by atomic mass is 10.4. The van der Waals surface area contributed by atoms with Crippen LogP contribution >= 0.6 is 0 Å². The minimum Gasteiger partial charge on any atom is -0.383 e. The van der Waals surface area contributed by atoms with Gasteiger partial charge in [0, 0.05) is 30.2 Å². The largest absolute Gasteiger partial charge is 0.383 e. The number of rotatable bonds is 6. The van der Waals surface area contributed by atoms with E-state index >= 15 is 0 Å². The molecular formula is C9H22N4O2S. The predicted molar refractivity (Wildman–Crippen MR) is 67.6 cm³/mol. The van der Waals surface area contributed by atoms with Crippen LogP contribution in [0.2, 0.25) is 0 Å². The van der Waals surface area contributed by atoms with E-state index in [0.717, 1.165) is 0 Å². The van der Waals surface area contributed by atoms with Gasteiger partial charge in [-0.2, -0.15) is 0 Å². The Morgan fingerprint density at radius 2 is 2.19 bits per heavy atom. The molecule has 7 heteroatoms. The van der Waals surface area contributed by atoms with E-state index in [0.29, 0.717) is 19.1 Å². The molecule has 0 fully saturated rings. The molecule has 0 bridgehead atoms. The van der Waals surface area contributed by atoms with Crippen molar-refractivity contribution >= 4 is 16.8 Å². The molecule has 0 heterocycles. The molecule has 0 radical (unpaired) electrons. The summed E-state index contributed by atoms with van der Waals surface area (Å²) in [5.74, 6) is 5.81. The molecule has 0 aliphatic heterocycles. The van der Waals surface area contributed by atoms with Crippen molar-refractivity contribution in [1.82, 2.24) is 10.7 Å². The van der Waals surface area contributed by atoms with Crippen molar-refractivity contribution in [3.8, 4) is 0 Å². The maximum absolute atomic E-state index is 11.1. The van der Waals surface area contributed by atoms with Gasteiger partial charge in [-0.1, -0.05) is 0 Å². The van der Waals surface area contributed by atoms with Gasteiger partial charge in [0.05, 0.1) is 18.4 Å². The quantitative estimate of drug-likeness (QED) is 0.248. The Labute approximate surface area is 99.5 Å². The fourth-order valence-corrected chi connectivity index (χ4v) is 1.27. The van der Waals surface area contributed by atoms with Crippen LogP contribution in [0.4, 0.5) is 0 Å². The van der Waals surface area contributed by atoms with E-state index in [4.69, 9.17) is 10.6 Å². The van der Waals surface area contributed by atoms with Gasteiger partial charge in [0.25, 0.3) is 0 Å². The van der Waals surface area contributed by atoms with Crippen molar-refractivity contribution in [3.05, 3.63) is 0 Å². The highest BCUT2D eigenvalue weighted by atomic mass is 32.2. The number of nitrogens with two attached hydrogens (primary N) is 1. The second kappa shape index (κ2) is 8.49. The highest BCUT2D eigenvalue weighted by molar-refractivity contribution is 7.84. The third-order valence-corrected chi connectivity index (χ3v) is 3.29. The number of hydrogen-bond donors (Lipinski definition) is 3. The minimum absolute atomic E-state index is 0.0166. The van der Waals surface area contributed by atoms with Gasteiger partial charge in [0.15, 0.2) is 0 Å². The highest BCUT2D eigenvalue weighted by Gasteiger charge is 2.07. The summed E-state index contributed by atoms with van der Waals surface area (Å²) in [6.07, 6.45) is 1.66. The SMILES string of the molecule is COCC(C)NC(=NCC(C)S(C)=O)NN. The number of aliphatic imine (C=N–C) groups is 1. The summed E-state index contributed by atoms with van der Waals surface area (Å²) in [7, 11) is 0.759. The van der Waals surface area contributed by atoms with Gasteiger partial charge in [-0.3, -0.25) is 14.6 Å². The van der Waals surface area contributed by atoms with Crippen molar-refractivity contribution < 1.29 is 8.95 Å². The van der Waals surface area contributed by atoms with Crippen LogP contribution in [0, 0.1) is 0 Å². The molecule has 0 aromatic rings. The molecule has 4 N–H and O–H groups in total. The second-order valence-electron chi connectivity index (χ2n) is 3.64. The first-order chi connectivity index (χ1) is 7.51. The van der Waals surface area contributed by atoms with Crippen molar-refractivity contribution in [2.75, 3.05) is 26.5 Å². The number of methoxy groups -OCH3 is 1. The van der Waals surface area contributed by atoms with E-state index < -0.39 is 10.8 Å². The lowest BCUT2D eigenvalue weighted by molar-refractivity contribution is 0.179. The monoisotopic (exact) mass is 250 g/mol. The average molecular weight is 250 g/mol. The third kappa shape index (κ3) is 6.76. The Morgan fingerprint density at radius 1 is 1.56 bits per heavy atom. The molecule has 0 aliphatic rings. The summed E-state index contributed by atoms with van der Waals surface area (Å²) in [6, 6.07) is 0.113. The molecule has 0 rings (SSSR count). The first kappa shape index (κ1) is 15.3. The zero-order valence-corrected chi connectivity index (χ0v) is 11.1. The molecular weight excluding hydrogens is 228 g/mol. The maximum atomic E-state index is 11.1. The van der Waals surface area contributed by atoms with E-state index in [-0.39, 0.29) is 11.3 Å². The first-order valence-electron chi connectivity index (χ1n) is 5.10. The summed E-state index contributed by atoms with van der Waals surface area (Å²) in [4.78, 5) is 4.21. The van der Waals surface area contributed by atoms with E-state index in [2.05, 4.69) is 15.7 Å². The Bertz CT molecular complexity index is 248. The highest BCUT2D eigenvalue weighted by Crippen LogP contribution is 1.93. The summed E-state index contributed by atoms with van der Waals surface area (Å²) in [6.45, 7) is 4.87. The van der Waals surface area contributed by atoms with Crippen LogP contribution < -0.4 is 16.6 Å². The summed E-state index contributed by atoms with van der Waals surface area (Å²) in [5.41, 5.74) is 2.47. The Kier molecular flexibility index (Phi) is 8.14. The van der Waals surface area contributed by atoms with Crippen LogP contribution in [0.1, 0.15) is 13.8 Å². The van der Waals surface area contributed by atoms with Gasteiger partial charge in [-0.15, -0.1) is 0 Å². The topological polar surface area (TPSA) is 88.7 Å².